The number of rotatable bonds is 5. The van der Waals surface area contributed by atoms with Gasteiger partial charge in [-0.1, -0.05) is 42.8 Å². The average molecular weight is 381 g/mol. The molecule has 0 aliphatic rings. The van der Waals surface area contributed by atoms with Crippen molar-refractivity contribution in [2.45, 2.75) is 19.9 Å². The van der Waals surface area contributed by atoms with Gasteiger partial charge in [0.15, 0.2) is 0 Å². The van der Waals surface area contributed by atoms with Gasteiger partial charge in [0.2, 0.25) is 0 Å². The fourth-order valence-corrected chi connectivity index (χ4v) is 3.08. The van der Waals surface area contributed by atoms with E-state index in [0.29, 0.717) is 0 Å². The van der Waals surface area contributed by atoms with Crippen molar-refractivity contribution in [2.24, 2.45) is 0 Å². The van der Waals surface area contributed by atoms with Crippen molar-refractivity contribution in [1.82, 2.24) is 5.32 Å². The van der Waals surface area contributed by atoms with Crippen LogP contribution in [0.15, 0.2) is 42.5 Å². The third kappa shape index (κ3) is 3.33. The smallest absolute Gasteiger partial charge is 0.124 e. The lowest BCUT2D eigenvalue weighted by Gasteiger charge is -2.23. The van der Waals surface area contributed by atoms with Gasteiger partial charge in [0.05, 0.1) is 13.2 Å². The molecule has 0 aliphatic carbocycles. The van der Waals surface area contributed by atoms with Crippen LogP contribution in [0.2, 0.25) is 0 Å². The Morgan fingerprint density at radius 2 is 1.90 bits per heavy atom. The van der Waals surface area contributed by atoms with Gasteiger partial charge in [-0.2, -0.15) is 0 Å². The number of nitrogens with one attached hydrogen (secondary N) is 1. The van der Waals surface area contributed by atoms with Crippen LogP contribution in [-0.2, 0) is 0 Å². The standard InChI is InChI=1S/C17H20INO/c1-4-19-17(13-7-5-6-8-15(13)18)14-11-12(2)9-10-16(14)20-3/h5-11,17,19H,4H2,1-3H3. The van der Waals surface area contributed by atoms with E-state index in [1.54, 1.807) is 7.11 Å². The number of benzene rings is 2. The van der Waals surface area contributed by atoms with E-state index in [2.05, 4.69) is 78.2 Å². The van der Waals surface area contributed by atoms with Gasteiger partial charge in [0.1, 0.15) is 5.75 Å². The summed E-state index contributed by atoms with van der Waals surface area (Å²) in [5.74, 6) is 0.932. The Morgan fingerprint density at radius 1 is 1.15 bits per heavy atom. The fourth-order valence-electron chi connectivity index (χ4n) is 2.38. The summed E-state index contributed by atoms with van der Waals surface area (Å²) in [6, 6.07) is 15.0. The number of ether oxygens (including phenoxy) is 1. The molecule has 2 aromatic rings. The van der Waals surface area contributed by atoms with Gasteiger partial charge in [-0.15, -0.1) is 0 Å². The molecule has 0 saturated carbocycles. The zero-order valence-corrected chi connectivity index (χ0v) is 14.3. The SMILES string of the molecule is CCNC(c1ccccc1I)c1cc(C)ccc1OC. The Bertz CT molecular complexity index is 583. The maximum Gasteiger partial charge on any atom is 0.124 e. The molecule has 0 aromatic heterocycles. The van der Waals surface area contributed by atoms with Gasteiger partial charge in [-0.3, -0.25) is 0 Å². The van der Waals surface area contributed by atoms with Crippen LogP contribution in [0.4, 0.5) is 0 Å². The van der Waals surface area contributed by atoms with Crippen LogP contribution < -0.4 is 10.1 Å². The second-order valence-electron chi connectivity index (χ2n) is 4.76. The van der Waals surface area contributed by atoms with Gasteiger partial charge < -0.3 is 10.1 Å². The van der Waals surface area contributed by atoms with E-state index < -0.39 is 0 Å². The summed E-state index contributed by atoms with van der Waals surface area (Å²) in [4.78, 5) is 0. The van der Waals surface area contributed by atoms with Crippen molar-refractivity contribution in [3.8, 4) is 5.75 Å². The van der Waals surface area contributed by atoms with E-state index >= 15 is 0 Å². The lowest BCUT2D eigenvalue weighted by Crippen LogP contribution is -2.23. The molecule has 0 amide bonds. The number of hydrogen-bond donors (Lipinski definition) is 1. The van der Waals surface area contributed by atoms with Crippen molar-refractivity contribution in [3.05, 3.63) is 62.7 Å². The van der Waals surface area contributed by atoms with Crippen LogP contribution in [0.3, 0.4) is 0 Å². The predicted octanol–water partition coefficient (Wildman–Crippen LogP) is 4.31. The first-order chi connectivity index (χ1) is 9.67. The molecule has 0 radical (unpaired) electrons. The Morgan fingerprint density at radius 3 is 2.55 bits per heavy atom. The zero-order chi connectivity index (χ0) is 14.5. The maximum atomic E-state index is 5.55. The van der Waals surface area contributed by atoms with Crippen LogP contribution in [0.1, 0.15) is 29.7 Å². The lowest BCUT2D eigenvalue weighted by molar-refractivity contribution is 0.404. The molecule has 2 nitrogen and oxygen atoms in total. The van der Waals surface area contributed by atoms with Crippen molar-refractivity contribution < 1.29 is 4.74 Å². The number of aryl methyl sites for hydroxylation is 1. The Labute approximate surface area is 134 Å². The monoisotopic (exact) mass is 381 g/mol. The predicted molar refractivity (Wildman–Crippen MR) is 92.4 cm³/mol. The average Bonchev–Trinajstić information content (AvgIpc) is 2.46. The van der Waals surface area contributed by atoms with E-state index in [9.17, 15) is 0 Å². The van der Waals surface area contributed by atoms with Crippen LogP contribution in [0.25, 0.3) is 0 Å². The highest BCUT2D eigenvalue weighted by Gasteiger charge is 2.19. The van der Waals surface area contributed by atoms with Crippen molar-refractivity contribution in [2.75, 3.05) is 13.7 Å². The minimum absolute atomic E-state index is 0.156. The molecule has 0 heterocycles. The van der Waals surface area contributed by atoms with Gasteiger partial charge >= 0.3 is 0 Å². The molecular weight excluding hydrogens is 361 g/mol. The van der Waals surface area contributed by atoms with Crippen molar-refractivity contribution in [3.63, 3.8) is 0 Å². The largest absolute Gasteiger partial charge is 0.496 e. The molecule has 2 aromatic carbocycles. The Kier molecular flexibility index (Phi) is 5.43. The first-order valence-electron chi connectivity index (χ1n) is 6.79. The first-order valence-corrected chi connectivity index (χ1v) is 7.87. The normalized spacial score (nSPS) is 12.2. The minimum Gasteiger partial charge on any atom is -0.496 e. The van der Waals surface area contributed by atoms with Crippen LogP contribution in [0, 0.1) is 10.5 Å². The molecule has 20 heavy (non-hydrogen) atoms. The summed E-state index contributed by atoms with van der Waals surface area (Å²) in [6.45, 7) is 5.15. The number of methoxy groups -OCH3 is 1. The first kappa shape index (κ1) is 15.3. The summed E-state index contributed by atoms with van der Waals surface area (Å²) in [6.07, 6.45) is 0. The maximum absolute atomic E-state index is 5.55. The molecule has 0 fully saturated rings. The van der Waals surface area contributed by atoms with Gasteiger partial charge in [0, 0.05) is 9.13 Å². The molecule has 1 N–H and O–H groups in total. The fraction of sp³-hybridized carbons (Fsp3) is 0.294. The third-order valence-corrected chi connectivity index (χ3v) is 4.30. The van der Waals surface area contributed by atoms with Gasteiger partial charge in [0.25, 0.3) is 0 Å². The third-order valence-electron chi connectivity index (χ3n) is 3.32. The van der Waals surface area contributed by atoms with Crippen molar-refractivity contribution in [1.29, 1.82) is 0 Å². The van der Waals surface area contributed by atoms with E-state index in [1.807, 2.05) is 6.07 Å². The lowest BCUT2D eigenvalue weighted by atomic mass is 9.96. The van der Waals surface area contributed by atoms with Crippen LogP contribution in [-0.4, -0.2) is 13.7 Å². The van der Waals surface area contributed by atoms with E-state index in [4.69, 9.17) is 4.74 Å². The van der Waals surface area contributed by atoms with E-state index in [-0.39, 0.29) is 6.04 Å². The highest BCUT2D eigenvalue weighted by molar-refractivity contribution is 14.1. The van der Waals surface area contributed by atoms with Gasteiger partial charge in [-0.05, 0) is 53.8 Å². The zero-order valence-electron chi connectivity index (χ0n) is 12.1. The van der Waals surface area contributed by atoms with E-state index in [0.717, 1.165) is 12.3 Å². The Balaban J connectivity index is 2.54. The molecule has 2 rings (SSSR count). The molecule has 3 heteroatoms. The molecule has 0 spiro atoms. The molecule has 0 aliphatic heterocycles. The molecule has 0 saturated heterocycles. The number of hydrogen-bond acceptors (Lipinski definition) is 2. The van der Waals surface area contributed by atoms with Gasteiger partial charge in [-0.25, -0.2) is 0 Å². The summed E-state index contributed by atoms with van der Waals surface area (Å²) in [7, 11) is 1.73. The van der Waals surface area contributed by atoms with Crippen molar-refractivity contribution >= 4 is 22.6 Å². The highest BCUT2D eigenvalue weighted by atomic mass is 127. The summed E-state index contributed by atoms with van der Waals surface area (Å²) >= 11 is 2.39. The topological polar surface area (TPSA) is 21.3 Å². The quantitative estimate of drug-likeness (QED) is 0.780. The summed E-state index contributed by atoms with van der Waals surface area (Å²) < 4.78 is 6.81. The minimum atomic E-state index is 0.156. The number of halogens is 1. The Hall–Kier alpha value is -1.07. The molecule has 106 valence electrons. The highest BCUT2D eigenvalue weighted by Crippen LogP contribution is 2.32. The molecule has 1 atom stereocenters. The second kappa shape index (κ2) is 7.09. The molecular formula is C17H20INO. The summed E-state index contributed by atoms with van der Waals surface area (Å²) in [5.41, 5.74) is 3.73. The van der Waals surface area contributed by atoms with Crippen LogP contribution >= 0.6 is 22.6 Å². The second-order valence-corrected chi connectivity index (χ2v) is 5.92. The van der Waals surface area contributed by atoms with E-state index in [1.165, 1.54) is 20.3 Å². The molecule has 1 unspecified atom stereocenters. The summed E-state index contributed by atoms with van der Waals surface area (Å²) in [5, 5.41) is 3.57. The molecule has 0 bridgehead atoms. The van der Waals surface area contributed by atoms with Crippen LogP contribution in [0.5, 0.6) is 5.75 Å².